The van der Waals surface area contributed by atoms with Gasteiger partial charge in [0, 0.05) is 0 Å². The fourth-order valence-corrected chi connectivity index (χ4v) is 2.62. The molecule has 0 saturated carbocycles. The van der Waals surface area contributed by atoms with Crippen LogP contribution in [0.15, 0.2) is 0 Å². The first-order valence-corrected chi connectivity index (χ1v) is 5.49. The average Bonchev–Trinajstić information content (AvgIpc) is 2.32. The molecule has 1 aromatic rings. The first-order chi connectivity index (χ1) is 5.16. The third-order valence-electron chi connectivity index (χ3n) is 0.968. The number of aromatic nitrogens is 1. The van der Waals surface area contributed by atoms with Crippen molar-refractivity contribution in [1.29, 1.82) is 0 Å². The van der Waals surface area contributed by atoms with Crippen molar-refractivity contribution < 1.29 is 9.53 Å². The Kier molecular flexibility index (Phi) is 3.50. The normalized spacial score (nSPS) is 9.73. The fourth-order valence-electron chi connectivity index (χ4n) is 0.479. The largest absolute Gasteiger partial charge is 0.465 e. The number of hydrogen-bond acceptors (Lipinski definition) is 4. The van der Waals surface area contributed by atoms with E-state index < -0.39 is 0 Å². The Morgan fingerprint density at radius 1 is 1.64 bits per heavy atom. The third kappa shape index (κ3) is 2.02. The van der Waals surface area contributed by atoms with Crippen molar-refractivity contribution in [2.75, 3.05) is 7.11 Å². The summed E-state index contributed by atoms with van der Waals surface area (Å²) in [7, 11) is 1.37. The first kappa shape index (κ1) is 9.65. The number of carbonyl (C=O) groups is 1. The van der Waals surface area contributed by atoms with Gasteiger partial charge in [0.2, 0.25) is 0 Å². The van der Waals surface area contributed by atoms with Crippen molar-refractivity contribution in [2.24, 2.45) is 0 Å². The highest BCUT2D eigenvalue weighted by Gasteiger charge is 2.16. The zero-order chi connectivity index (χ0) is 8.43. The highest BCUT2D eigenvalue weighted by molar-refractivity contribution is 14.1. The van der Waals surface area contributed by atoms with Gasteiger partial charge < -0.3 is 4.74 Å². The number of ether oxygens (including phenoxy) is 1. The zero-order valence-electron chi connectivity index (χ0n) is 5.43. The van der Waals surface area contributed by atoms with E-state index >= 15 is 0 Å². The van der Waals surface area contributed by atoms with Gasteiger partial charge in [0.1, 0.15) is 8.58 Å². The van der Waals surface area contributed by atoms with Gasteiger partial charge in [-0.1, -0.05) is 0 Å². The van der Waals surface area contributed by atoms with Gasteiger partial charge in [-0.25, -0.2) is 4.79 Å². The van der Waals surface area contributed by atoms with Crippen molar-refractivity contribution in [3.8, 4) is 0 Å². The molecule has 0 amide bonds. The highest BCUT2D eigenvalue weighted by atomic mass is 127. The van der Waals surface area contributed by atoms with Crippen LogP contribution in [-0.4, -0.2) is 17.5 Å². The van der Waals surface area contributed by atoms with Crippen LogP contribution in [0.1, 0.15) is 9.67 Å². The maximum Gasteiger partial charge on any atom is 0.350 e. The molecule has 0 fully saturated rings. The lowest BCUT2D eigenvalue weighted by Gasteiger charge is -1.92. The van der Waals surface area contributed by atoms with Crippen molar-refractivity contribution >= 4 is 62.7 Å². The van der Waals surface area contributed by atoms with Gasteiger partial charge in [0.25, 0.3) is 0 Å². The predicted octanol–water partition coefficient (Wildman–Crippen LogP) is 2.14. The van der Waals surface area contributed by atoms with E-state index in [4.69, 9.17) is 0 Å². The number of nitrogens with zero attached hydrogens (tertiary/aromatic N) is 1. The van der Waals surface area contributed by atoms with Gasteiger partial charge in [-0.15, -0.1) is 0 Å². The van der Waals surface area contributed by atoms with Crippen LogP contribution in [0, 0.1) is 7.27 Å². The number of methoxy groups -OCH3 is 1. The van der Waals surface area contributed by atoms with E-state index in [2.05, 4.69) is 54.3 Å². The second kappa shape index (κ2) is 3.99. The van der Waals surface area contributed by atoms with E-state index in [1.165, 1.54) is 18.6 Å². The second-order valence-corrected chi connectivity index (χ2v) is 4.48. The van der Waals surface area contributed by atoms with Gasteiger partial charge in [-0.05, 0) is 56.7 Å². The van der Waals surface area contributed by atoms with Gasteiger partial charge >= 0.3 is 5.97 Å². The van der Waals surface area contributed by atoms with E-state index in [9.17, 15) is 4.79 Å². The molecular formula is C5H3I2NO2S. The Bertz CT molecular complexity index is 286. The molecule has 0 aliphatic rings. The fraction of sp³-hybridized carbons (Fsp3) is 0.200. The molecule has 11 heavy (non-hydrogen) atoms. The molecule has 1 rings (SSSR count). The molecule has 0 aromatic carbocycles. The number of hydrogen-bond donors (Lipinski definition) is 0. The van der Waals surface area contributed by atoms with Crippen molar-refractivity contribution in [3.05, 3.63) is 12.1 Å². The van der Waals surface area contributed by atoms with E-state index in [-0.39, 0.29) is 5.97 Å². The maximum atomic E-state index is 11.0. The Hall–Kier alpha value is 0.560. The molecule has 0 bridgehead atoms. The number of halogens is 2. The summed E-state index contributed by atoms with van der Waals surface area (Å²) >= 11 is 5.33. The van der Waals surface area contributed by atoms with Crippen LogP contribution in [-0.2, 0) is 4.74 Å². The molecule has 0 atom stereocenters. The van der Waals surface area contributed by atoms with E-state index in [0.717, 1.165) is 7.27 Å². The minimum absolute atomic E-state index is 0.310. The SMILES string of the molecule is COC(=O)c1snc(I)c1I. The summed E-state index contributed by atoms with van der Waals surface area (Å²) in [5.41, 5.74) is 0. The van der Waals surface area contributed by atoms with Gasteiger partial charge in [-0.3, -0.25) is 0 Å². The van der Waals surface area contributed by atoms with Gasteiger partial charge in [0.05, 0.1) is 10.7 Å². The minimum atomic E-state index is -0.310. The van der Waals surface area contributed by atoms with Crippen LogP contribution in [0.2, 0.25) is 0 Å². The third-order valence-corrected chi connectivity index (χ3v) is 5.35. The molecule has 0 unspecified atom stereocenters. The Morgan fingerprint density at radius 2 is 2.27 bits per heavy atom. The minimum Gasteiger partial charge on any atom is -0.465 e. The second-order valence-electron chi connectivity index (χ2n) is 1.61. The van der Waals surface area contributed by atoms with Crippen molar-refractivity contribution in [2.45, 2.75) is 0 Å². The number of esters is 1. The molecule has 0 spiro atoms. The number of rotatable bonds is 1. The summed E-state index contributed by atoms with van der Waals surface area (Å²) in [5.74, 6) is -0.310. The number of carbonyl (C=O) groups excluding carboxylic acids is 1. The molecule has 1 aromatic heterocycles. The van der Waals surface area contributed by atoms with Crippen LogP contribution in [0.5, 0.6) is 0 Å². The smallest absolute Gasteiger partial charge is 0.350 e. The quantitative estimate of drug-likeness (QED) is 0.541. The topological polar surface area (TPSA) is 39.2 Å². The van der Waals surface area contributed by atoms with E-state index in [1.807, 2.05) is 0 Å². The van der Waals surface area contributed by atoms with E-state index in [0.29, 0.717) is 4.88 Å². The van der Waals surface area contributed by atoms with Crippen LogP contribution in [0.3, 0.4) is 0 Å². The summed E-state index contributed by atoms with van der Waals surface area (Å²) in [6, 6.07) is 0. The molecule has 0 aliphatic carbocycles. The molecule has 60 valence electrons. The van der Waals surface area contributed by atoms with Crippen LogP contribution >= 0.6 is 56.7 Å². The Labute approximate surface area is 95.0 Å². The standard InChI is InChI=1S/C5H3I2NO2S/c1-10-5(9)3-2(6)4(7)8-11-3/h1H3. The van der Waals surface area contributed by atoms with Crippen LogP contribution in [0.25, 0.3) is 0 Å². The molecule has 0 radical (unpaired) electrons. The predicted molar refractivity (Wildman–Crippen MR) is 58.9 cm³/mol. The molecule has 3 nitrogen and oxygen atoms in total. The highest BCUT2D eigenvalue weighted by Crippen LogP contribution is 2.22. The van der Waals surface area contributed by atoms with Gasteiger partial charge in [-0.2, -0.15) is 4.37 Å². The summed E-state index contributed by atoms with van der Waals surface area (Å²) in [6.07, 6.45) is 0. The molecule has 0 aliphatic heterocycles. The Balaban J connectivity index is 3.04. The molecule has 0 saturated heterocycles. The summed E-state index contributed by atoms with van der Waals surface area (Å²) in [5, 5.41) is 0. The maximum absolute atomic E-state index is 11.0. The lowest BCUT2D eigenvalue weighted by atomic mass is 10.5. The van der Waals surface area contributed by atoms with Gasteiger partial charge in [0.15, 0.2) is 0 Å². The van der Waals surface area contributed by atoms with Crippen LogP contribution < -0.4 is 0 Å². The lowest BCUT2D eigenvalue weighted by Crippen LogP contribution is -1.99. The summed E-state index contributed by atoms with van der Waals surface area (Å²) in [6.45, 7) is 0. The van der Waals surface area contributed by atoms with Crippen LogP contribution in [0.4, 0.5) is 0 Å². The first-order valence-electron chi connectivity index (χ1n) is 2.55. The summed E-state index contributed by atoms with van der Waals surface area (Å²) in [4.78, 5) is 11.6. The molecule has 1 heterocycles. The lowest BCUT2D eigenvalue weighted by molar-refractivity contribution is 0.0605. The molecule has 0 N–H and O–H groups in total. The van der Waals surface area contributed by atoms with Crippen molar-refractivity contribution in [1.82, 2.24) is 4.37 Å². The summed E-state index contributed by atoms with van der Waals surface area (Å²) < 4.78 is 10.3. The molecule has 6 heteroatoms. The average molecular weight is 395 g/mol. The van der Waals surface area contributed by atoms with E-state index in [1.54, 1.807) is 0 Å². The molecular weight excluding hydrogens is 392 g/mol. The van der Waals surface area contributed by atoms with Crippen molar-refractivity contribution in [3.63, 3.8) is 0 Å². The monoisotopic (exact) mass is 395 g/mol. The zero-order valence-corrected chi connectivity index (χ0v) is 10.6. The Morgan fingerprint density at radius 3 is 2.64 bits per heavy atom.